The molecule has 1 aliphatic rings. The third-order valence-corrected chi connectivity index (χ3v) is 1.82. The molecule has 0 unspecified atom stereocenters. The van der Waals surface area contributed by atoms with Gasteiger partial charge in [-0.05, 0) is 6.07 Å². The average molecular weight is 164 g/mol. The first kappa shape index (κ1) is 6.97. The highest BCUT2D eigenvalue weighted by molar-refractivity contribution is 5.87. The Morgan fingerprint density at radius 1 is 1.67 bits per heavy atom. The van der Waals surface area contributed by atoms with Crippen molar-refractivity contribution in [3.63, 3.8) is 0 Å². The lowest BCUT2D eigenvalue weighted by molar-refractivity contribution is 0.0697. The fraction of sp³-hybridized carbons (Fsp3) is 0.125. The van der Waals surface area contributed by atoms with Crippen LogP contribution >= 0.6 is 0 Å². The summed E-state index contributed by atoms with van der Waals surface area (Å²) in [6.45, 7) is 0.684. The molecule has 62 valence electrons. The Morgan fingerprint density at radius 2 is 2.50 bits per heavy atom. The Kier molecular flexibility index (Phi) is 1.40. The van der Waals surface area contributed by atoms with E-state index in [9.17, 15) is 4.79 Å². The van der Waals surface area contributed by atoms with Gasteiger partial charge in [0, 0.05) is 24.3 Å². The highest BCUT2D eigenvalue weighted by Gasteiger charge is 2.10. The lowest BCUT2D eigenvalue weighted by Gasteiger charge is -2.08. The maximum atomic E-state index is 10.6. The smallest absolute Gasteiger partial charge is 0.337 e. The predicted octanol–water partition coefficient (Wildman–Crippen LogP) is 0.718. The maximum Gasteiger partial charge on any atom is 0.337 e. The average Bonchev–Trinajstić information content (AvgIpc) is 2.46. The first-order chi connectivity index (χ1) is 5.77. The van der Waals surface area contributed by atoms with Gasteiger partial charge in [-0.15, -0.1) is 0 Å². The quantitative estimate of drug-likeness (QED) is 0.643. The zero-order valence-corrected chi connectivity index (χ0v) is 6.32. The largest absolute Gasteiger partial charge is 0.478 e. The minimum atomic E-state index is -0.884. The van der Waals surface area contributed by atoms with E-state index in [1.54, 1.807) is 29.2 Å². The summed E-state index contributed by atoms with van der Waals surface area (Å²) in [5.41, 5.74) is 1.30. The summed E-state index contributed by atoms with van der Waals surface area (Å²) in [4.78, 5) is 10.6. The number of aromatic nitrogens is 1. The molecule has 0 fully saturated rings. The van der Waals surface area contributed by atoms with Crippen LogP contribution in [0.4, 0.5) is 0 Å². The lowest BCUT2D eigenvalue weighted by Crippen LogP contribution is -2.12. The van der Waals surface area contributed by atoms with Crippen molar-refractivity contribution in [3.8, 4) is 0 Å². The number of nitrogens with zero attached hydrogens (tertiary/aromatic N) is 1. The fourth-order valence-electron chi connectivity index (χ4n) is 1.22. The van der Waals surface area contributed by atoms with Gasteiger partial charge in [-0.1, -0.05) is 0 Å². The van der Waals surface area contributed by atoms with E-state index in [0.29, 0.717) is 12.1 Å². The molecule has 0 saturated heterocycles. The van der Waals surface area contributed by atoms with Gasteiger partial charge in [0.25, 0.3) is 0 Å². The second-order valence-corrected chi connectivity index (χ2v) is 2.63. The zero-order valence-electron chi connectivity index (χ0n) is 6.32. The SMILES string of the molecule is O=C(O)c1cc2n(c1)C=CNC2. The minimum Gasteiger partial charge on any atom is -0.478 e. The summed E-state index contributed by atoms with van der Waals surface area (Å²) >= 11 is 0. The summed E-state index contributed by atoms with van der Waals surface area (Å²) in [5, 5.41) is 11.7. The van der Waals surface area contributed by atoms with Crippen molar-refractivity contribution in [1.82, 2.24) is 9.88 Å². The summed E-state index contributed by atoms with van der Waals surface area (Å²) < 4.78 is 1.81. The van der Waals surface area contributed by atoms with E-state index in [2.05, 4.69) is 5.32 Å². The number of carboxylic acid groups (broad SMARTS) is 1. The molecule has 2 N–H and O–H groups in total. The van der Waals surface area contributed by atoms with E-state index < -0.39 is 5.97 Å². The molecule has 0 aromatic carbocycles. The Hall–Kier alpha value is -1.71. The molecule has 0 aliphatic carbocycles. The van der Waals surface area contributed by atoms with Crippen molar-refractivity contribution in [1.29, 1.82) is 0 Å². The van der Waals surface area contributed by atoms with Crippen LogP contribution in [0.15, 0.2) is 18.5 Å². The molecular weight excluding hydrogens is 156 g/mol. The van der Waals surface area contributed by atoms with Crippen molar-refractivity contribution in [3.05, 3.63) is 29.7 Å². The molecule has 0 radical (unpaired) electrons. The second kappa shape index (κ2) is 2.41. The Labute approximate surface area is 69.1 Å². The van der Waals surface area contributed by atoms with Crippen molar-refractivity contribution in [2.24, 2.45) is 0 Å². The molecule has 1 aromatic heterocycles. The van der Waals surface area contributed by atoms with Crippen molar-refractivity contribution in [2.75, 3.05) is 0 Å². The van der Waals surface area contributed by atoms with Crippen molar-refractivity contribution in [2.45, 2.75) is 6.54 Å². The third kappa shape index (κ3) is 0.972. The van der Waals surface area contributed by atoms with E-state index in [1.807, 2.05) is 0 Å². The van der Waals surface area contributed by atoms with Gasteiger partial charge in [0.1, 0.15) is 0 Å². The van der Waals surface area contributed by atoms with Gasteiger partial charge in [-0.25, -0.2) is 4.79 Å². The number of fused-ring (bicyclic) bond motifs is 1. The number of carboxylic acids is 1. The van der Waals surface area contributed by atoms with Gasteiger partial charge in [-0.2, -0.15) is 0 Å². The van der Waals surface area contributed by atoms with Crippen molar-refractivity contribution < 1.29 is 9.90 Å². The molecule has 2 heterocycles. The van der Waals surface area contributed by atoms with E-state index in [1.165, 1.54) is 0 Å². The summed E-state index contributed by atoms with van der Waals surface area (Å²) in [6.07, 6.45) is 5.19. The van der Waals surface area contributed by atoms with E-state index >= 15 is 0 Å². The fourth-order valence-corrected chi connectivity index (χ4v) is 1.22. The second-order valence-electron chi connectivity index (χ2n) is 2.63. The molecule has 0 atom stereocenters. The van der Waals surface area contributed by atoms with E-state index in [0.717, 1.165) is 5.69 Å². The highest BCUT2D eigenvalue weighted by Crippen LogP contribution is 2.11. The van der Waals surface area contributed by atoms with Crippen LogP contribution in [-0.4, -0.2) is 15.6 Å². The first-order valence-corrected chi connectivity index (χ1v) is 3.61. The number of nitrogens with one attached hydrogen (secondary N) is 1. The minimum absolute atomic E-state index is 0.332. The molecule has 12 heavy (non-hydrogen) atoms. The molecule has 2 rings (SSSR count). The topological polar surface area (TPSA) is 54.3 Å². The van der Waals surface area contributed by atoms with Crippen LogP contribution in [0.1, 0.15) is 16.1 Å². The molecule has 0 amide bonds. The van der Waals surface area contributed by atoms with Crippen molar-refractivity contribution >= 4 is 12.2 Å². The van der Waals surface area contributed by atoms with Crippen LogP contribution in [0.3, 0.4) is 0 Å². The molecule has 1 aliphatic heterocycles. The van der Waals surface area contributed by atoms with Gasteiger partial charge in [0.2, 0.25) is 0 Å². The lowest BCUT2D eigenvalue weighted by atomic mass is 10.3. The first-order valence-electron chi connectivity index (χ1n) is 3.61. The molecule has 0 saturated carbocycles. The maximum absolute atomic E-state index is 10.6. The van der Waals surface area contributed by atoms with Gasteiger partial charge in [0.05, 0.1) is 12.1 Å². The van der Waals surface area contributed by atoms with Gasteiger partial charge < -0.3 is 15.0 Å². The highest BCUT2D eigenvalue weighted by atomic mass is 16.4. The molecule has 1 aromatic rings. The molecular formula is C8H8N2O2. The number of hydrogen-bond acceptors (Lipinski definition) is 2. The number of aromatic carboxylic acids is 1. The predicted molar refractivity (Wildman–Crippen MR) is 43.6 cm³/mol. The summed E-state index contributed by atoms with van der Waals surface area (Å²) in [5.74, 6) is -0.884. The summed E-state index contributed by atoms with van der Waals surface area (Å²) in [6, 6.07) is 1.67. The van der Waals surface area contributed by atoms with E-state index in [-0.39, 0.29) is 0 Å². The molecule has 0 spiro atoms. The Morgan fingerprint density at radius 3 is 3.17 bits per heavy atom. The van der Waals surface area contributed by atoms with E-state index in [4.69, 9.17) is 5.11 Å². The van der Waals surface area contributed by atoms with Gasteiger partial charge in [0.15, 0.2) is 0 Å². The standard InChI is InChI=1S/C8H8N2O2/c11-8(12)6-3-7-4-9-1-2-10(7)5-6/h1-3,5,9H,4H2,(H,11,12). The molecule has 4 heteroatoms. The van der Waals surface area contributed by atoms with Crippen LogP contribution in [-0.2, 0) is 6.54 Å². The Bertz CT molecular complexity index is 352. The Balaban J connectivity index is 2.46. The zero-order chi connectivity index (χ0) is 8.55. The van der Waals surface area contributed by atoms with Gasteiger partial charge >= 0.3 is 5.97 Å². The van der Waals surface area contributed by atoms with Crippen LogP contribution < -0.4 is 5.32 Å². The number of carbonyl (C=O) groups is 1. The van der Waals surface area contributed by atoms with Gasteiger partial charge in [-0.3, -0.25) is 0 Å². The number of rotatable bonds is 1. The number of hydrogen-bond donors (Lipinski definition) is 2. The monoisotopic (exact) mass is 164 g/mol. The van der Waals surface area contributed by atoms with Crippen LogP contribution in [0.2, 0.25) is 0 Å². The third-order valence-electron chi connectivity index (χ3n) is 1.82. The molecule has 4 nitrogen and oxygen atoms in total. The normalized spacial score (nSPS) is 13.7. The van der Waals surface area contributed by atoms with Crippen LogP contribution in [0, 0.1) is 0 Å². The van der Waals surface area contributed by atoms with Crippen LogP contribution in [0.25, 0.3) is 6.20 Å². The molecule has 0 bridgehead atoms. The van der Waals surface area contributed by atoms with Crippen LogP contribution in [0.5, 0.6) is 0 Å². The summed E-state index contributed by atoms with van der Waals surface area (Å²) in [7, 11) is 0.